The number of para-hydroxylation sites is 4. The van der Waals surface area contributed by atoms with Crippen molar-refractivity contribution in [2.24, 2.45) is 0 Å². The minimum Gasteiger partial charge on any atom is -0.310 e. The number of fused-ring (bicyclic) bond motifs is 15. The van der Waals surface area contributed by atoms with Crippen molar-refractivity contribution >= 4 is 109 Å². The third-order valence-electron chi connectivity index (χ3n) is 13.6. The fourth-order valence-electron chi connectivity index (χ4n) is 10.8. The van der Waals surface area contributed by atoms with Crippen LogP contribution in [0.25, 0.3) is 109 Å². The lowest BCUT2D eigenvalue weighted by Crippen LogP contribution is -2.10. The van der Waals surface area contributed by atoms with E-state index in [4.69, 9.17) is 0 Å². The molecule has 3 heterocycles. The predicted molar refractivity (Wildman–Crippen MR) is 268 cm³/mol. The summed E-state index contributed by atoms with van der Waals surface area (Å²) in [5, 5.41) is 15.4. The molecule has 0 saturated heterocycles. The van der Waals surface area contributed by atoms with Crippen LogP contribution in [0.3, 0.4) is 0 Å². The van der Waals surface area contributed by atoms with Gasteiger partial charge in [-0.15, -0.1) is 0 Å². The number of hydrogen-bond donors (Lipinski definition) is 0. The number of benzene rings is 11. The van der Waals surface area contributed by atoms with Crippen LogP contribution < -0.4 is 4.90 Å². The highest BCUT2D eigenvalue weighted by Crippen LogP contribution is 2.44. The van der Waals surface area contributed by atoms with E-state index in [9.17, 15) is 0 Å². The van der Waals surface area contributed by atoms with Crippen molar-refractivity contribution in [3.63, 3.8) is 0 Å². The second kappa shape index (κ2) is 13.1. The van der Waals surface area contributed by atoms with E-state index >= 15 is 0 Å². The van der Waals surface area contributed by atoms with Gasteiger partial charge in [-0.25, -0.2) is 0 Å². The molecule has 292 valence electrons. The summed E-state index contributed by atoms with van der Waals surface area (Å²) < 4.78 is 4.84. The van der Waals surface area contributed by atoms with Crippen LogP contribution in [-0.2, 0) is 0 Å². The van der Waals surface area contributed by atoms with Crippen LogP contribution in [0, 0.1) is 0 Å². The SMILES string of the molecule is c1ccc2c(c1)c1ccccc1c1cc(-c3ccc(N(c4ccc(-n5c6ccccc6c6ccccc65)cc4)c4ccc5c(c4)c4cccc6c7ccccc7n5c64)cc3)ccc21. The van der Waals surface area contributed by atoms with Gasteiger partial charge in [0.05, 0.1) is 27.6 Å². The number of anilines is 3. The maximum atomic E-state index is 2.45. The van der Waals surface area contributed by atoms with Gasteiger partial charge in [0.1, 0.15) is 0 Å². The average molecular weight is 800 g/mol. The second-order valence-electron chi connectivity index (χ2n) is 16.9. The van der Waals surface area contributed by atoms with E-state index in [2.05, 4.69) is 238 Å². The van der Waals surface area contributed by atoms with Crippen molar-refractivity contribution in [3.05, 3.63) is 224 Å². The van der Waals surface area contributed by atoms with Gasteiger partial charge in [-0.3, -0.25) is 0 Å². The Kier molecular flexibility index (Phi) is 7.11. The molecule has 3 aromatic heterocycles. The molecule has 0 aliphatic carbocycles. The summed E-state index contributed by atoms with van der Waals surface area (Å²) in [5.41, 5.74) is 13.0. The molecule has 0 N–H and O–H groups in total. The summed E-state index contributed by atoms with van der Waals surface area (Å²) in [7, 11) is 0. The zero-order valence-corrected chi connectivity index (χ0v) is 34.2. The van der Waals surface area contributed by atoms with E-state index in [-0.39, 0.29) is 0 Å². The van der Waals surface area contributed by atoms with Gasteiger partial charge in [-0.1, -0.05) is 146 Å². The van der Waals surface area contributed by atoms with Crippen molar-refractivity contribution in [2.75, 3.05) is 4.90 Å². The molecule has 0 amide bonds. The molecule has 3 heteroatoms. The van der Waals surface area contributed by atoms with Crippen molar-refractivity contribution in [3.8, 4) is 16.8 Å². The Morgan fingerprint density at radius 1 is 0.254 bits per heavy atom. The molecule has 3 nitrogen and oxygen atoms in total. The minimum absolute atomic E-state index is 1.09. The molecule has 0 bridgehead atoms. The average Bonchev–Trinajstić information content (AvgIpc) is 4.00. The van der Waals surface area contributed by atoms with Crippen LogP contribution in [0.5, 0.6) is 0 Å². The molecule has 14 rings (SSSR count). The summed E-state index contributed by atoms with van der Waals surface area (Å²) in [6.07, 6.45) is 0. The van der Waals surface area contributed by atoms with Crippen molar-refractivity contribution in [1.82, 2.24) is 8.97 Å². The van der Waals surface area contributed by atoms with Gasteiger partial charge in [0.15, 0.2) is 0 Å². The standard InChI is InChI=1S/C60H37N3/c1-2-14-46-44(12-1)45-13-3-4-15-47(45)54-36-39(26-34-48(46)54)38-24-27-40(28-25-38)61(41-29-31-42(32-30-41)62-56-21-8-5-16-49(56)50-17-6-9-22-57(50)62)43-33-35-59-55(37-43)53-20-11-19-52-51-18-7-10-23-58(51)63(59)60(52)53/h1-37H. The molecule has 0 spiro atoms. The lowest BCUT2D eigenvalue weighted by atomic mass is 9.92. The molecule has 0 aliphatic heterocycles. The van der Waals surface area contributed by atoms with E-state index in [1.165, 1.54) is 103 Å². The summed E-state index contributed by atoms with van der Waals surface area (Å²) >= 11 is 0. The van der Waals surface area contributed by atoms with Gasteiger partial charge in [-0.2, -0.15) is 0 Å². The summed E-state index contributed by atoms with van der Waals surface area (Å²) in [5.74, 6) is 0. The molecular weight excluding hydrogens is 763 g/mol. The summed E-state index contributed by atoms with van der Waals surface area (Å²) in [4.78, 5) is 2.41. The molecule has 0 saturated carbocycles. The van der Waals surface area contributed by atoms with Crippen LogP contribution in [-0.4, -0.2) is 8.97 Å². The molecule has 63 heavy (non-hydrogen) atoms. The van der Waals surface area contributed by atoms with Gasteiger partial charge in [0, 0.05) is 55.1 Å². The van der Waals surface area contributed by atoms with Crippen molar-refractivity contribution in [1.29, 1.82) is 0 Å². The molecule has 0 unspecified atom stereocenters. The summed E-state index contributed by atoms with van der Waals surface area (Å²) in [6.45, 7) is 0. The normalized spacial score (nSPS) is 12.1. The molecule has 11 aromatic carbocycles. The number of hydrogen-bond acceptors (Lipinski definition) is 1. The minimum atomic E-state index is 1.09. The van der Waals surface area contributed by atoms with E-state index in [1.54, 1.807) is 0 Å². The first-order valence-electron chi connectivity index (χ1n) is 21.8. The van der Waals surface area contributed by atoms with Gasteiger partial charge in [0.2, 0.25) is 0 Å². The van der Waals surface area contributed by atoms with Crippen LogP contribution in [0.1, 0.15) is 0 Å². The fourth-order valence-corrected chi connectivity index (χ4v) is 10.8. The molecule has 0 atom stereocenters. The second-order valence-corrected chi connectivity index (χ2v) is 16.9. The number of nitrogens with zero attached hydrogens (tertiary/aromatic N) is 3. The number of rotatable bonds is 5. The Morgan fingerprint density at radius 3 is 1.30 bits per heavy atom. The predicted octanol–water partition coefficient (Wildman–Crippen LogP) is 16.5. The zero-order valence-electron chi connectivity index (χ0n) is 34.2. The first-order chi connectivity index (χ1) is 31.3. The molecule has 0 fully saturated rings. The maximum Gasteiger partial charge on any atom is 0.0620 e. The number of aromatic nitrogens is 2. The summed E-state index contributed by atoms with van der Waals surface area (Å²) in [6, 6.07) is 82.7. The van der Waals surface area contributed by atoms with E-state index in [1.807, 2.05) is 0 Å². The van der Waals surface area contributed by atoms with Crippen molar-refractivity contribution < 1.29 is 0 Å². The largest absolute Gasteiger partial charge is 0.310 e. The highest BCUT2D eigenvalue weighted by molar-refractivity contribution is 6.26. The Morgan fingerprint density at radius 2 is 0.683 bits per heavy atom. The maximum absolute atomic E-state index is 2.45. The quantitative estimate of drug-likeness (QED) is 0.158. The smallest absolute Gasteiger partial charge is 0.0620 e. The molecule has 0 radical (unpaired) electrons. The topological polar surface area (TPSA) is 12.6 Å². The Bertz CT molecular complexity index is 4040. The monoisotopic (exact) mass is 799 g/mol. The van der Waals surface area contributed by atoms with Crippen LogP contribution in [0.4, 0.5) is 17.1 Å². The highest BCUT2D eigenvalue weighted by Gasteiger charge is 2.21. The molecule has 0 aliphatic rings. The van der Waals surface area contributed by atoms with Gasteiger partial charge >= 0.3 is 0 Å². The van der Waals surface area contributed by atoms with Crippen LogP contribution in [0.2, 0.25) is 0 Å². The third kappa shape index (κ3) is 4.90. The Balaban J connectivity index is 0.932. The van der Waals surface area contributed by atoms with E-state index < -0.39 is 0 Å². The van der Waals surface area contributed by atoms with E-state index in [0.717, 1.165) is 22.7 Å². The first kappa shape index (κ1) is 34.3. The van der Waals surface area contributed by atoms with Gasteiger partial charge < -0.3 is 13.9 Å². The van der Waals surface area contributed by atoms with Gasteiger partial charge in [0.25, 0.3) is 0 Å². The lowest BCUT2D eigenvalue weighted by Gasteiger charge is -2.26. The Hall–Kier alpha value is -8.40. The molecular formula is C60H37N3. The lowest BCUT2D eigenvalue weighted by molar-refractivity contribution is 1.17. The fraction of sp³-hybridized carbons (Fsp3) is 0. The van der Waals surface area contributed by atoms with Crippen LogP contribution >= 0.6 is 0 Å². The van der Waals surface area contributed by atoms with Crippen molar-refractivity contribution in [2.45, 2.75) is 0 Å². The van der Waals surface area contributed by atoms with E-state index in [0.29, 0.717) is 0 Å². The third-order valence-corrected chi connectivity index (χ3v) is 13.6. The van der Waals surface area contributed by atoms with Gasteiger partial charge in [-0.05, 0) is 122 Å². The Labute approximate surface area is 362 Å². The first-order valence-corrected chi connectivity index (χ1v) is 21.8. The highest BCUT2D eigenvalue weighted by atomic mass is 15.1. The van der Waals surface area contributed by atoms with Crippen LogP contribution in [0.15, 0.2) is 224 Å². The molecule has 14 aromatic rings. The zero-order chi connectivity index (χ0) is 41.2.